The Morgan fingerprint density at radius 3 is 2.44 bits per heavy atom. The smallest absolute Gasteiger partial charge is 0.312 e. The Balaban J connectivity index is 3.01. The molecule has 0 heterocycles. The molecule has 0 radical (unpaired) electrons. The van der Waals surface area contributed by atoms with E-state index in [0.29, 0.717) is 0 Å². The minimum Gasteiger partial charge on any atom is -0.481 e. The van der Waals surface area contributed by atoms with Crippen molar-refractivity contribution in [2.75, 3.05) is 20.6 Å². The molecule has 0 fully saturated rings. The molecule has 0 aliphatic heterocycles. The first-order chi connectivity index (χ1) is 7.41. The van der Waals surface area contributed by atoms with Crippen LogP contribution in [0.1, 0.15) is 11.5 Å². The summed E-state index contributed by atoms with van der Waals surface area (Å²) < 4.78 is 25.7. The summed E-state index contributed by atoms with van der Waals surface area (Å²) in [6.07, 6.45) is 0. The maximum absolute atomic E-state index is 13.0. The Morgan fingerprint density at radius 2 is 2.00 bits per heavy atom. The fourth-order valence-electron chi connectivity index (χ4n) is 1.42. The van der Waals surface area contributed by atoms with Crippen molar-refractivity contribution in [2.24, 2.45) is 0 Å². The van der Waals surface area contributed by atoms with Gasteiger partial charge in [0.15, 0.2) is 11.6 Å². The molecule has 0 saturated carbocycles. The SMILES string of the molecule is CN(C)CC(C(=O)O)c1ccc(F)c(F)c1. The van der Waals surface area contributed by atoms with Crippen LogP contribution in [0.3, 0.4) is 0 Å². The van der Waals surface area contributed by atoms with Gasteiger partial charge >= 0.3 is 5.97 Å². The molecule has 1 atom stereocenters. The number of hydrogen-bond acceptors (Lipinski definition) is 2. The second kappa shape index (κ2) is 5.03. The van der Waals surface area contributed by atoms with Crippen molar-refractivity contribution in [3.05, 3.63) is 35.4 Å². The van der Waals surface area contributed by atoms with Crippen LogP contribution in [0, 0.1) is 11.6 Å². The van der Waals surface area contributed by atoms with Crippen LogP contribution in [-0.4, -0.2) is 36.6 Å². The summed E-state index contributed by atoms with van der Waals surface area (Å²) >= 11 is 0. The summed E-state index contributed by atoms with van der Waals surface area (Å²) in [6.45, 7) is 0.237. The van der Waals surface area contributed by atoms with E-state index >= 15 is 0 Å². The van der Waals surface area contributed by atoms with Crippen LogP contribution in [0.2, 0.25) is 0 Å². The number of halogens is 2. The molecule has 1 rings (SSSR count). The standard InChI is InChI=1S/C11H13F2NO2/c1-14(2)6-8(11(15)16)7-3-4-9(12)10(13)5-7/h3-5,8H,6H2,1-2H3,(H,15,16). The van der Waals surface area contributed by atoms with Gasteiger partial charge < -0.3 is 10.0 Å². The summed E-state index contributed by atoms with van der Waals surface area (Å²) in [5.74, 6) is -3.91. The lowest BCUT2D eigenvalue weighted by Gasteiger charge is -2.17. The van der Waals surface area contributed by atoms with Crippen molar-refractivity contribution in [1.82, 2.24) is 4.90 Å². The summed E-state index contributed by atoms with van der Waals surface area (Å²) in [5, 5.41) is 8.99. The van der Waals surface area contributed by atoms with Gasteiger partial charge in [-0.2, -0.15) is 0 Å². The van der Waals surface area contributed by atoms with Gasteiger partial charge in [-0.1, -0.05) is 6.07 Å². The van der Waals surface area contributed by atoms with Crippen LogP contribution in [0.5, 0.6) is 0 Å². The Kier molecular flexibility index (Phi) is 3.95. The third-order valence-corrected chi connectivity index (χ3v) is 2.19. The zero-order valence-electron chi connectivity index (χ0n) is 9.08. The van der Waals surface area contributed by atoms with Crippen LogP contribution in [0.15, 0.2) is 18.2 Å². The van der Waals surface area contributed by atoms with Gasteiger partial charge in [0.05, 0.1) is 5.92 Å². The lowest BCUT2D eigenvalue weighted by atomic mass is 9.98. The maximum atomic E-state index is 13.0. The van der Waals surface area contributed by atoms with E-state index in [1.54, 1.807) is 19.0 Å². The lowest BCUT2D eigenvalue weighted by molar-refractivity contribution is -0.139. The molecule has 0 aromatic heterocycles. The van der Waals surface area contributed by atoms with E-state index in [1.165, 1.54) is 6.07 Å². The number of likely N-dealkylation sites (N-methyl/N-ethyl adjacent to an activating group) is 1. The van der Waals surface area contributed by atoms with Crippen molar-refractivity contribution in [2.45, 2.75) is 5.92 Å². The van der Waals surface area contributed by atoms with Crippen molar-refractivity contribution in [3.63, 3.8) is 0 Å². The van der Waals surface area contributed by atoms with Crippen molar-refractivity contribution < 1.29 is 18.7 Å². The molecule has 0 spiro atoms. The van der Waals surface area contributed by atoms with Crippen LogP contribution < -0.4 is 0 Å². The number of nitrogens with zero attached hydrogens (tertiary/aromatic N) is 1. The second-order valence-corrected chi connectivity index (χ2v) is 3.83. The van der Waals surface area contributed by atoms with E-state index in [1.807, 2.05) is 0 Å². The molecule has 0 aliphatic rings. The maximum Gasteiger partial charge on any atom is 0.312 e. The van der Waals surface area contributed by atoms with Gasteiger partial charge in [-0.15, -0.1) is 0 Å². The highest BCUT2D eigenvalue weighted by Crippen LogP contribution is 2.19. The van der Waals surface area contributed by atoms with Gasteiger partial charge in [0, 0.05) is 6.54 Å². The van der Waals surface area contributed by atoms with Crippen LogP contribution >= 0.6 is 0 Å². The molecule has 1 N–H and O–H groups in total. The highest BCUT2D eigenvalue weighted by Gasteiger charge is 2.21. The van der Waals surface area contributed by atoms with Gasteiger partial charge in [0.25, 0.3) is 0 Å². The molecule has 88 valence electrons. The third-order valence-electron chi connectivity index (χ3n) is 2.19. The summed E-state index contributed by atoms with van der Waals surface area (Å²) in [5.41, 5.74) is 0.264. The number of hydrogen-bond donors (Lipinski definition) is 1. The molecule has 3 nitrogen and oxygen atoms in total. The topological polar surface area (TPSA) is 40.5 Å². The molecule has 1 unspecified atom stereocenters. The number of rotatable bonds is 4. The minimum absolute atomic E-state index is 0.237. The molecular weight excluding hydrogens is 216 g/mol. The Labute approximate surface area is 92.3 Å². The Morgan fingerprint density at radius 1 is 1.38 bits per heavy atom. The predicted molar refractivity (Wildman–Crippen MR) is 55.3 cm³/mol. The zero-order valence-corrected chi connectivity index (χ0v) is 9.08. The van der Waals surface area contributed by atoms with Gasteiger partial charge in [-0.25, -0.2) is 8.78 Å². The van der Waals surface area contributed by atoms with Crippen LogP contribution in [-0.2, 0) is 4.79 Å². The summed E-state index contributed by atoms with van der Waals surface area (Å²) in [7, 11) is 3.44. The molecule has 16 heavy (non-hydrogen) atoms. The minimum atomic E-state index is -1.06. The summed E-state index contributed by atoms with van der Waals surface area (Å²) in [4.78, 5) is 12.7. The molecule has 1 aromatic carbocycles. The Hall–Kier alpha value is -1.49. The van der Waals surface area contributed by atoms with Gasteiger partial charge in [0.1, 0.15) is 0 Å². The molecule has 0 aliphatic carbocycles. The van der Waals surface area contributed by atoms with E-state index in [-0.39, 0.29) is 12.1 Å². The fourth-order valence-corrected chi connectivity index (χ4v) is 1.42. The molecular formula is C11H13F2NO2. The zero-order chi connectivity index (χ0) is 12.3. The number of carboxylic acid groups (broad SMARTS) is 1. The highest BCUT2D eigenvalue weighted by atomic mass is 19.2. The Bertz CT molecular complexity index is 394. The second-order valence-electron chi connectivity index (χ2n) is 3.83. The molecule has 0 amide bonds. The predicted octanol–water partition coefficient (Wildman–Crippen LogP) is 1.69. The molecule has 5 heteroatoms. The summed E-state index contributed by atoms with van der Waals surface area (Å²) in [6, 6.07) is 3.16. The van der Waals surface area contributed by atoms with Crippen LogP contribution in [0.25, 0.3) is 0 Å². The van der Waals surface area contributed by atoms with Crippen molar-refractivity contribution in [3.8, 4) is 0 Å². The fraction of sp³-hybridized carbons (Fsp3) is 0.364. The quantitative estimate of drug-likeness (QED) is 0.854. The van der Waals surface area contributed by atoms with E-state index in [4.69, 9.17) is 5.11 Å². The molecule has 0 bridgehead atoms. The monoisotopic (exact) mass is 229 g/mol. The normalized spacial score (nSPS) is 12.8. The van der Waals surface area contributed by atoms with Crippen molar-refractivity contribution in [1.29, 1.82) is 0 Å². The lowest BCUT2D eigenvalue weighted by Crippen LogP contribution is -2.26. The third kappa shape index (κ3) is 3.00. The average Bonchev–Trinajstić information content (AvgIpc) is 2.18. The van der Waals surface area contributed by atoms with Crippen LogP contribution in [0.4, 0.5) is 8.78 Å². The van der Waals surface area contributed by atoms with E-state index < -0.39 is 23.5 Å². The van der Waals surface area contributed by atoms with E-state index in [2.05, 4.69) is 0 Å². The number of carboxylic acids is 1. The number of carbonyl (C=O) groups is 1. The average molecular weight is 229 g/mol. The highest BCUT2D eigenvalue weighted by molar-refractivity contribution is 5.76. The largest absolute Gasteiger partial charge is 0.481 e. The first-order valence-electron chi connectivity index (χ1n) is 4.74. The van der Waals surface area contributed by atoms with Gasteiger partial charge in [-0.05, 0) is 31.8 Å². The molecule has 1 aromatic rings. The van der Waals surface area contributed by atoms with Crippen molar-refractivity contribution >= 4 is 5.97 Å². The van der Waals surface area contributed by atoms with Gasteiger partial charge in [0.2, 0.25) is 0 Å². The van der Waals surface area contributed by atoms with Gasteiger partial charge in [-0.3, -0.25) is 4.79 Å². The molecule has 0 saturated heterocycles. The number of aliphatic carboxylic acids is 1. The number of benzene rings is 1. The van der Waals surface area contributed by atoms with E-state index in [9.17, 15) is 13.6 Å². The first kappa shape index (κ1) is 12.6. The first-order valence-corrected chi connectivity index (χ1v) is 4.74. The van der Waals surface area contributed by atoms with E-state index in [0.717, 1.165) is 12.1 Å².